The molecule has 20 heavy (non-hydrogen) atoms. The standard InChI is InChI=1S/C15H23N3O2/c1-3-18(4-2)13(19)10-11-17-15(20)14(16)12-8-6-5-7-9-12/h5-9,14H,3-4,10-11,16H2,1-2H3,(H,17,20). The quantitative estimate of drug-likeness (QED) is 0.782. The summed E-state index contributed by atoms with van der Waals surface area (Å²) in [5.74, 6) is -0.216. The molecule has 0 aliphatic rings. The molecule has 0 aromatic heterocycles. The Morgan fingerprint density at radius 3 is 2.35 bits per heavy atom. The van der Waals surface area contributed by atoms with E-state index in [1.54, 1.807) is 4.90 Å². The van der Waals surface area contributed by atoms with Gasteiger partial charge in [-0.05, 0) is 19.4 Å². The van der Waals surface area contributed by atoms with Gasteiger partial charge in [-0.25, -0.2) is 0 Å². The van der Waals surface area contributed by atoms with E-state index in [0.717, 1.165) is 5.56 Å². The van der Waals surface area contributed by atoms with Gasteiger partial charge in [0.1, 0.15) is 6.04 Å². The van der Waals surface area contributed by atoms with E-state index in [2.05, 4.69) is 5.32 Å². The monoisotopic (exact) mass is 277 g/mol. The third-order valence-corrected chi connectivity index (χ3v) is 3.20. The van der Waals surface area contributed by atoms with Crippen LogP contribution in [0.3, 0.4) is 0 Å². The minimum atomic E-state index is -0.695. The molecule has 1 aromatic carbocycles. The Kier molecular flexibility index (Phi) is 6.73. The number of rotatable bonds is 7. The van der Waals surface area contributed by atoms with Gasteiger partial charge in [0.25, 0.3) is 0 Å². The van der Waals surface area contributed by atoms with E-state index in [-0.39, 0.29) is 11.8 Å². The number of hydrogen-bond donors (Lipinski definition) is 2. The first-order valence-electron chi connectivity index (χ1n) is 6.96. The Morgan fingerprint density at radius 1 is 1.20 bits per heavy atom. The number of hydrogen-bond acceptors (Lipinski definition) is 3. The number of benzene rings is 1. The van der Waals surface area contributed by atoms with Crippen molar-refractivity contribution in [2.75, 3.05) is 19.6 Å². The van der Waals surface area contributed by atoms with Gasteiger partial charge in [-0.3, -0.25) is 9.59 Å². The highest BCUT2D eigenvalue weighted by Crippen LogP contribution is 2.09. The van der Waals surface area contributed by atoms with Crippen LogP contribution in [0.15, 0.2) is 30.3 Å². The number of carbonyl (C=O) groups excluding carboxylic acids is 2. The molecule has 1 atom stereocenters. The van der Waals surface area contributed by atoms with Crippen LogP contribution in [0.1, 0.15) is 31.9 Å². The molecule has 1 aromatic rings. The Balaban J connectivity index is 2.39. The van der Waals surface area contributed by atoms with E-state index < -0.39 is 6.04 Å². The van der Waals surface area contributed by atoms with Crippen LogP contribution >= 0.6 is 0 Å². The lowest BCUT2D eigenvalue weighted by molar-refractivity contribution is -0.130. The average Bonchev–Trinajstić information content (AvgIpc) is 2.48. The average molecular weight is 277 g/mol. The molecule has 1 rings (SSSR count). The summed E-state index contributed by atoms with van der Waals surface area (Å²) >= 11 is 0. The first-order chi connectivity index (χ1) is 9.60. The van der Waals surface area contributed by atoms with Crippen molar-refractivity contribution >= 4 is 11.8 Å². The Morgan fingerprint density at radius 2 is 1.80 bits per heavy atom. The van der Waals surface area contributed by atoms with E-state index in [1.807, 2.05) is 44.2 Å². The van der Waals surface area contributed by atoms with Gasteiger partial charge >= 0.3 is 0 Å². The van der Waals surface area contributed by atoms with Crippen molar-refractivity contribution in [3.8, 4) is 0 Å². The number of carbonyl (C=O) groups is 2. The molecule has 0 spiro atoms. The van der Waals surface area contributed by atoms with Crippen molar-refractivity contribution in [3.63, 3.8) is 0 Å². The first kappa shape index (κ1) is 16.2. The first-order valence-corrected chi connectivity index (χ1v) is 6.96. The van der Waals surface area contributed by atoms with Crippen LogP contribution in [0.4, 0.5) is 0 Å². The van der Waals surface area contributed by atoms with Crippen molar-refractivity contribution in [1.82, 2.24) is 10.2 Å². The molecule has 0 heterocycles. The normalized spacial score (nSPS) is 11.8. The minimum absolute atomic E-state index is 0.0450. The minimum Gasteiger partial charge on any atom is -0.354 e. The molecule has 0 saturated heterocycles. The maximum atomic E-state index is 11.9. The highest BCUT2D eigenvalue weighted by Gasteiger charge is 2.16. The van der Waals surface area contributed by atoms with E-state index in [0.29, 0.717) is 26.1 Å². The molecule has 2 amide bonds. The summed E-state index contributed by atoms with van der Waals surface area (Å²) in [4.78, 5) is 25.4. The molecule has 5 heteroatoms. The third kappa shape index (κ3) is 4.66. The topological polar surface area (TPSA) is 75.4 Å². The highest BCUT2D eigenvalue weighted by atomic mass is 16.2. The van der Waals surface area contributed by atoms with Crippen LogP contribution in [0.5, 0.6) is 0 Å². The van der Waals surface area contributed by atoms with E-state index in [9.17, 15) is 9.59 Å². The second-order valence-electron chi connectivity index (χ2n) is 4.50. The van der Waals surface area contributed by atoms with Gasteiger partial charge in [-0.15, -0.1) is 0 Å². The Bertz CT molecular complexity index is 430. The van der Waals surface area contributed by atoms with Gasteiger partial charge in [0.2, 0.25) is 11.8 Å². The van der Waals surface area contributed by atoms with Gasteiger partial charge < -0.3 is 16.0 Å². The molecular formula is C15H23N3O2. The summed E-state index contributed by atoms with van der Waals surface area (Å²) in [6.07, 6.45) is 0.301. The van der Waals surface area contributed by atoms with Crippen molar-refractivity contribution in [2.45, 2.75) is 26.3 Å². The fraction of sp³-hybridized carbons (Fsp3) is 0.467. The summed E-state index contributed by atoms with van der Waals surface area (Å²) in [7, 11) is 0. The van der Waals surface area contributed by atoms with Crippen LogP contribution in [0.2, 0.25) is 0 Å². The van der Waals surface area contributed by atoms with Crippen LogP contribution in [-0.4, -0.2) is 36.3 Å². The zero-order valence-corrected chi connectivity index (χ0v) is 12.1. The van der Waals surface area contributed by atoms with Gasteiger partial charge in [0, 0.05) is 26.1 Å². The maximum Gasteiger partial charge on any atom is 0.241 e. The van der Waals surface area contributed by atoms with E-state index >= 15 is 0 Å². The lowest BCUT2D eigenvalue weighted by Gasteiger charge is -2.19. The largest absolute Gasteiger partial charge is 0.354 e. The summed E-state index contributed by atoms with van der Waals surface area (Å²) in [5, 5.41) is 2.70. The number of nitrogens with zero attached hydrogens (tertiary/aromatic N) is 1. The Hall–Kier alpha value is -1.88. The van der Waals surface area contributed by atoms with Gasteiger partial charge in [-0.2, -0.15) is 0 Å². The smallest absolute Gasteiger partial charge is 0.241 e. The zero-order valence-electron chi connectivity index (χ0n) is 12.1. The van der Waals surface area contributed by atoms with Crippen molar-refractivity contribution in [2.24, 2.45) is 5.73 Å². The zero-order chi connectivity index (χ0) is 15.0. The number of nitrogens with two attached hydrogens (primary N) is 1. The van der Waals surface area contributed by atoms with Gasteiger partial charge in [0.15, 0.2) is 0 Å². The van der Waals surface area contributed by atoms with Crippen LogP contribution in [0, 0.1) is 0 Å². The summed E-state index contributed by atoms with van der Waals surface area (Å²) in [6.45, 7) is 5.56. The number of amides is 2. The van der Waals surface area contributed by atoms with Crippen LogP contribution in [-0.2, 0) is 9.59 Å². The third-order valence-electron chi connectivity index (χ3n) is 3.20. The van der Waals surface area contributed by atoms with Crippen molar-refractivity contribution in [1.29, 1.82) is 0 Å². The lowest BCUT2D eigenvalue weighted by atomic mass is 10.1. The predicted octanol–water partition coefficient (Wildman–Crippen LogP) is 1.06. The molecule has 3 N–H and O–H groups in total. The molecule has 0 saturated carbocycles. The number of nitrogens with one attached hydrogen (secondary N) is 1. The molecule has 0 radical (unpaired) electrons. The van der Waals surface area contributed by atoms with Crippen LogP contribution in [0.25, 0.3) is 0 Å². The van der Waals surface area contributed by atoms with Gasteiger partial charge in [0.05, 0.1) is 0 Å². The molecule has 0 fully saturated rings. The fourth-order valence-electron chi connectivity index (χ4n) is 1.95. The van der Waals surface area contributed by atoms with Crippen molar-refractivity contribution < 1.29 is 9.59 Å². The predicted molar refractivity (Wildman–Crippen MR) is 78.9 cm³/mol. The second-order valence-corrected chi connectivity index (χ2v) is 4.50. The SMILES string of the molecule is CCN(CC)C(=O)CCNC(=O)C(N)c1ccccc1. The highest BCUT2D eigenvalue weighted by molar-refractivity contribution is 5.83. The summed E-state index contributed by atoms with van der Waals surface area (Å²) in [5.41, 5.74) is 6.62. The summed E-state index contributed by atoms with van der Waals surface area (Å²) in [6, 6.07) is 8.48. The fourth-order valence-corrected chi connectivity index (χ4v) is 1.95. The second kappa shape index (κ2) is 8.32. The maximum absolute atomic E-state index is 11.9. The van der Waals surface area contributed by atoms with Crippen LogP contribution < -0.4 is 11.1 Å². The molecular weight excluding hydrogens is 254 g/mol. The van der Waals surface area contributed by atoms with Gasteiger partial charge in [-0.1, -0.05) is 30.3 Å². The molecule has 1 unspecified atom stereocenters. The van der Waals surface area contributed by atoms with E-state index in [4.69, 9.17) is 5.73 Å². The molecule has 5 nitrogen and oxygen atoms in total. The Labute approximate surface area is 120 Å². The summed E-state index contributed by atoms with van der Waals surface area (Å²) < 4.78 is 0. The molecule has 0 aliphatic heterocycles. The van der Waals surface area contributed by atoms with E-state index in [1.165, 1.54) is 0 Å². The lowest BCUT2D eigenvalue weighted by Crippen LogP contribution is -2.37. The molecule has 110 valence electrons. The molecule has 0 bridgehead atoms. The molecule has 0 aliphatic carbocycles. The van der Waals surface area contributed by atoms with Crippen molar-refractivity contribution in [3.05, 3.63) is 35.9 Å².